The quantitative estimate of drug-likeness (QED) is 0.570. The van der Waals surface area contributed by atoms with Crippen molar-refractivity contribution in [1.82, 2.24) is 4.90 Å². The Morgan fingerprint density at radius 1 is 1.12 bits per heavy atom. The second-order valence-electron chi connectivity index (χ2n) is 5.50. The molecule has 3 heteroatoms. The number of hydrogen-bond donors (Lipinski definition) is 0. The third-order valence-electron chi connectivity index (χ3n) is 3.32. The summed E-state index contributed by atoms with van der Waals surface area (Å²) in [6.07, 6.45) is 0. The molecule has 0 aromatic heterocycles. The Kier molecular flexibility index (Phi) is 4.03. The van der Waals surface area contributed by atoms with Gasteiger partial charge in [0.1, 0.15) is 0 Å². The minimum atomic E-state index is -1.03. The zero-order chi connectivity index (χ0) is 11.1. The molecule has 0 saturated carbocycles. The predicted molar refractivity (Wildman–Crippen MR) is 74.5 cm³/mol. The van der Waals surface area contributed by atoms with Crippen molar-refractivity contribution in [3.8, 4) is 0 Å². The molecule has 1 aromatic carbocycles. The second kappa shape index (κ2) is 4.76. The highest BCUT2D eigenvalue weighted by molar-refractivity contribution is 6.78. The van der Waals surface area contributed by atoms with E-state index in [1.54, 1.807) is 0 Å². The number of benzene rings is 1. The van der Waals surface area contributed by atoms with Gasteiger partial charge in [-0.05, 0) is 12.1 Å². The van der Waals surface area contributed by atoms with Crippen LogP contribution in [0.1, 0.15) is 18.5 Å². The van der Waals surface area contributed by atoms with E-state index in [1.165, 1.54) is 12.1 Å². The fraction of sp³-hybridized carbons (Fsp3) is 0.538. The van der Waals surface area contributed by atoms with Crippen LogP contribution in [0, 0.1) is 0 Å². The first-order chi connectivity index (χ1) is 7.05. The predicted octanol–water partition coefficient (Wildman–Crippen LogP) is 2.93. The molecular weight excluding hydrogens is 209 g/mol. The summed E-state index contributed by atoms with van der Waals surface area (Å²) in [5.41, 5.74) is 2.36. The number of hydrogen-bond acceptors (Lipinski definition) is 1. The summed E-state index contributed by atoms with van der Waals surface area (Å²) >= 11 is 0. The zero-order valence-corrected chi connectivity index (χ0v) is 11.8. The van der Waals surface area contributed by atoms with E-state index in [0.29, 0.717) is 6.04 Å². The van der Waals surface area contributed by atoms with Crippen LogP contribution in [0.25, 0.3) is 0 Å². The number of rotatable bonds is 3. The topological polar surface area (TPSA) is 3.01 Å². The van der Waals surface area contributed by atoms with Gasteiger partial charge in [-0.25, -0.2) is 0 Å². The van der Waals surface area contributed by atoms with Gasteiger partial charge in [-0.1, -0.05) is 56.9 Å². The van der Waals surface area contributed by atoms with E-state index in [1.807, 2.05) is 0 Å². The highest BCUT2D eigenvalue weighted by Gasteiger charge is 2.53. The third kappa shape index (κ3) is 2.41. The van der Waals surface area contributed by atoms with Gasteiger partial charge in [-0.3, -0.25) is 4.90 Å². The first kappa shape index (κ1) is 13.5. The molecular formula is C13H21BNSi. The van der Waals surface area contributed by atoms with Crippen LogP contribution >= 0.6 is 0 Å². The van der Waals surface area contributed by atoms with Gasteiger partial charge in [0.05, 0.1) is 8.07 Å². The van der Waals surface area contributed by atoms with Crippen molar-refractivity contribution < 1.29 is 0 Å². The monoisotopic (exact) mass is 230 g/mol. The smallest absolute Gasteiger partial charge is 0.0663 e. The van der Waals surface area contributed by atoms with Crippen LogP contribution in [0.4, 0.5) is 0 Å². The van der Waals surface area contributed by atoms with E-state index in [9.17, 15) is 0 Å². The third-order valence-corrected chi connectivity index (χ3v) is 5.74. The molecule has 1 nitrogen and oxygen atoms in total. The molecule has 1 aromatic rings. The molecule has 0 N–H and O–H groups in total. The summed E-state index contributed by atoms with van der Waals surface area (Å²) in [6.45, 7) is 10.9. The average Bonchev–Trinajstić information content (AvgIpc) is 2.92. The average molecular weight is 230 g/mol. The molecule has 1 saturated heterocycles. The van der Waals surface area contributed by atoms with Crippen molar-refractivity contribution in [3.05, 3.63) is 35.9 Å². The second-order valence-corrected chi connectivity index (χ2v) is 10.8. The first-order valence-corrected chi connectivity index (χ1v) is 9.44. The largest absolute Gasteiger partial charge is 0.293 e. The standard InChI is InChI=1S/C13H21NSi.B/c1-5-14-12(13(14)15(2,3)4)11-9-7-6-8-10-11;/h6-10,12-13H,5H2,1-4H3;/t12-,13+,14?;/m0./s1. The molecule has 1 fully saturated rings. The normalized spacial score (nSPS) is 28.4. The lowest BCUT2D eigenvalue weighted by molar-refractivity contribution is 0.532. The minimum Gasteiger partial charge on any atom is -0.293 e. The van der Waals surface area contributed by atoms with E-state index >= 15 is 0 Å². The maximum atomic E-state index is 2.64. The molecule has 1 aliphatic heterocycles. The Labute approximate surface area is 102 Å². The van der Waals surface area contributed by atoms with E-state index < -0.39 is 8.07 Å². The zero-order valence-electron chi connectivity index (χ0n) is 10.8. The summed E-state index contributed by atoms with van der Waals surface area (Å²) in [6, 6.07) is 11.7. The Morgan fingerprint density at radius 3 is 2.06 bits per heavy atom. The van der Waals surface area contributed by atoms with Crippen molar-refractivity contribution >= 4 is 16.5 Å². The Hall–Kier alpha value is -0.538. The Balaban J connectivity index is 0.00000128. The summed E-state index contributed by atoms with van der Waals surface area (Å²) in [5, 5.41) is 0. The van der Waals surface area contributed by atoms with E-state index in [0.717, 1.165) is 5.67 Å². The molecule has 3 radical (unpaired) electrons. The summed E-state index contributed by atoms with van der Waals surface area (Å²) < 4.78 is 0. The first-order valence-electron chi connectivity index (χ1n) is 5.86. The van der Waals surface area contributed by atoms with Crippen molar-refractivity contribution in [2.75, 3.05) is 6.54 Å². The molecule has 3 atom stereocenters. The van der Waals surface area contributed by atoms with Crippen molar-refractivity contribution in [2.24, 2.45) is 0 Å². The van der Waals surface area contributed by atoms with Crippen molar-refractivity contribution in [2.45, 2.75) is 38.3 Å². The van der Waals surface area contributed by atoms with Crippen LogP contribution in [0.3, 0.4) is 0 Å². The summed E-state index contributed by atoms with van der Waals surface area (Å²) in [7, 11) is -1.03. The SMILES string of the molecule is CCN1[C@H]([Si](C)(C)C)[C@@H]1c1ccccc1.[B]. The highest BCUT2D eigenvalue weighted by atomic mass is 28.3. The summed E-state index contributed by atoms with van der Waals surface area (Å²) in [4.78, 5) is 2.64. The summed E-state index contributed by atoms with van der Waals surface area (Å²) in [5.74, 6) is 0. The molecule has 85 valence electrons. The minimum absolute atomic E-state index is 0. The lowest BCUT2D eigenvalue weighted by Gasteiger charge is -2.14. The fourth-order valence-corrected chi connectivity index (χ4v) is 5.25. The van der Waals surface area contributed by atoms with Gasteiger partial charge in [0, 0.05) is 20.1 Å². The molecule has 1 aliphatic rings. The fourth-order valence-electron chi connectivity index (χ4n) is 2.66. The maximum absolute atomic E-state index is 2.64. The van der Waals surface area contributed by atoms with Crippen LogP contribution < -0.4 is 0 Å². The molecule has 2 rings (SSSR count). The van der Waals surface area contributed by atoms with E-state index in [4.69, 9.17) is 0 Å². The molecule has 0 aliphatic carbocycles. The van der Waals surface area contributed by atoms with E-state index in [2.05, 4.69) is 61.8 Å². The van der Waals surface area contributed by atoms with Crippen LogP contribution in [-0.4, -0.2) is 33.6 Å². The van der Waals surface area contributed by atoms with Gasteiger partial charge in [0.2, 0.25) is 0 Å². The van der Waals surface area contributed by atoms with Crippen LogP contribution in [0.2, 0.25) is 19.6 Å². The van der Waals surface area contributed by atoms with Crippen molar-refractivity contribution in [3.63, 3.8) is 0 Å². The van der Waals surface area contributed by atoms with Crippen LogP contribution in [-0.2, 0) is 0 Å². The molecule has 0 amide bonds. The van der Waals surface area contributed by atoms with Gasteiger partial charge in [0.15, 0.2) is 0 Å². The van der Waals surface area contributed by atoms with Gasteiger partial charge in [-0.2, -0.15) is 0 Å². The lowest BCUT2D eigenvalue weighted by atomic mass is 10.2. The van der Waals surface area contributed by atoms with Crippen LogP contribution in [0.5, 0.6) is 0 Å². The molecule has 0 spiro atoms. The highest BCUT2D eigenvalue weighted by Crippen LogP contribution is 2.47. The number of nitrogens with zero attached hydrogens (tertiary/aromatic N) is 1. The number of likely N-dealkylation sites (N-methyl/N-ethyl adjacent to an activating group) is 1. The molecule has 0 bridgehead atoms. The van der Waals surface area contributed by atoms with Gasteiger partial charge in [0.25, 0.3) is 0 Å². The van der Waals surface area contributed by atoms with Crippen LogP contribution in [0.15, 0.2) is 30.3 Å². The van der Waals surface area contributed by atoms with Gasteiger partial charge in [-0.15, -0.1) is 0 Å². The Morgan fingerprint density at radius 2 is 1.69 bits per heavy atom. The maximum Gasteiger partial charge on any atom is 0.0663 e. The molecule has 1 unspecified atom stereocenters. The van der Waals surface area contributed by atoms with E-state index in [-0.39, 0.29) is 8.41 Å². The van der Waals surface area contributed by atoms with Gasteiger partial charge < -0.3 is 0 Å². The molecule has 1 heterocycles. The van der Waals surface area contributed by atoms with Crippen molar-refractivity contribution in [1.29, 1.82) is 0 Å². The Bertz CT molecular complexity index is 334. The molecule has 16 heavy (non-hydrogen) atoms. The lowest BCUT2D eigenvalue weighted by Crippen LogP contribution is -2.32. The van der Waals surface area contributed by atoms with Gasteiger partial charge >= 0.3 is 0 Å².